The Kier molecular flexibility index (Phi) is 5.53. The van der Waals surface area contributed by atoms with Crippen LogP contribution in [-0.2, 0) is 4.79 Å². The fourth-order valence-electron chi connectivity index (χ4n) is 3.14. The zero-order chi connectivity index (χ0) is 16.2. The van der Waals surface area contributed by atoms with Gasteiger partial charge in [-0.15, -0.1) is 0 Å². The summed E-state index contributed by atoms with van der Waals surface area (Å²) in [7, 11) is 0. The SMILES string of the molecule is O=C(CN1CCN(C(=O)c2ccc(I)cc2)CC1)N1CCCC1. The minimum Gasteiger partial charge on any atom is -0.342 e. The van der Waals surface area contributed by atoms with Crippen molar-refractivity contribution in [1.29, 1.82) is 0 Å². The predicted molar refractivity (Wildman–Crippen MR) is 97.3 cm³/mol. The maximum atomic E-state index is 12.5. The smallest absolute Gasteiger partial charge is 0.253 e. The number of rotatable bonds is 3. The molecule has 0 spiro atoms. The number of likely N-dealkylation sites (tertiary alicyclic amines) is 1. The van der Waals surface area contributed by atoms with Crippen molar-refractivity contribution in [2.75, 3.05) is 45.8 Å². The van der Waals surface area contributed by atoms with Gasteiger partial charge in [0.05, 0.1) is 6.54 Å². The number of piperazine rings is 1. The Morgan fingerprint density at radius 3 is 2.09 bits per heavy atom. The number of amides is 2. The second-order valence-corrected chi connectivity index (χ2v) is 7.41. The lowest BCUT2D eigenvalue weighted by Crippen LogP contribution is -2.51. The Balaban J connectivity index is 1.49. The Morgan fingerprint density at radius 2 is 1.48 bits per heavy atom. The van der Waals surface area contributed by atoms with E-state index in [2.05, 4.69) is 27.5 Å². The maximum Gasteiger partial charge on any atom is 0.253 e. The zero-order valence-electron chi connectivity index (χ0n) is 13.2. The number of halogens is 1. The fourth-order valence-corrected chi connectivity index (χ4v) is 3.50. The van der Waals surface area contributed by atoms with Crippen molar-refractivity contribution in [1.82, 2.24) is 14.7 Å². The molecule has 0 atom stereocenters. The van der Waals surface area contributed by atoms with Crippen LogP contribution in [0, 0.1) is 3.57 Å². The van der Waals surface area contributed by atoms with Crippen molar-refractivity contribution in [3.8, 4) is 0 Å². The third-order valence-corrected chi connectivity index (χ3v) is 5.29. The van der Waals surface area contributed by atoms with Crippen LogP contribution in [0.5, 0.6) is 0 Å². The van der Waals surface area contributed by atoms with Crippen molar-refractivity contribution in [3.63, 3.8) is 0 Å². The van der Waals surface area contributed by atoms with Gasteiger partial charge in [-0.1, -0.05) is 0 Å². The highest BCUT2D eigenvalue weighted by atomic mass is 127. The molecular formula is C17H22IN3O2. The van der Waals surface area contributed by atoms with Crippen molar-refractivity contribution < 1.29 is 9.59 Å². The van der Waals surface area contributed by atoms with Crippen LogP contribution in [0.25, 0.3) is 0 Å². The van der Waals surface area contributed by atoms with Crippen LogP contribution in [0.1, 0.15) is 23.2 Å². The first-order valence-corrected chi connectivity index (χ1v) is 9.26. The second-order valence-electron chi connectivity index (χ2n) is 6.16. The van der Waals surface area contributed by atoms with Crippen molar-refractivity contribution in [2.45, 2.75) is 12.8 Å². The van der Waals surface area contributed by atoms with Crippen LogP contribution < -0.4 is 0 Å². The molecule has 124 valence electrons. The highest BCUT2D eigenvalue weighted by Gasteiger charge is 2.25. The van der Waals surface area contributed by atoms with Crippen molar-refractivity contribution in [3.05, 3.63) is 33.4 Å². The summed E-state index contributed by atoms with van der Waals surface area (Å²) in [4.78, 5) is 30.7. The fraction of sp³-hybridized carbons (Fsp3) is 0.529. The van der Waals surface area contributed by atoms with E-state index in [0.29, 0.717) is 19.6 Å². The molecule has 0 bridgehead atoms. The summed E-state index contributed by atoms with van der Waals surface area (Å²) in [6, 6.07) is 7.68. The monoisotopic (exact) mass is 427 g/mol. The molecule has 1 aromatic carbocycles. The first kappa shape index (κ1) is 16.7. The first-order valence-electron chi connectivity index (χ1n) is 8.18. The zero-order valence-corrected chi connectivity index (χ0v) is 15.4. The standard InChI is InChI=1S/C17H22IN3O2/c18-15-5-3-14(4-6-15)17(23)21-11-9-19(10-12-21)13-16(22)20-7-1-2-8-20/h3-6H,1-2,7-13H2. The molecule has 0 N–H and O–H groups in total. The van der Waals surface area contributed by atoms with E-state index in [1.54, 1.807) is 0 Å². The number of nitrogens with zero attached hydrogens (tertiary/aromatic N) is 3. The molecule has 3 rings (SSSR count). The summed E-state index contributed by atoms with van der Waals surface area (Å²) in [5, 5.41) is 0. The van der Waals surface area contributed by atoms with E-state index in [4.69, 9.17) is 0 Å². The van der Waals surface area contributed by atoms with Crippen LogP contribution in [0.2, 0.25) is 0 Å². The molecule has 2 heterocycles. The molecule has 6 heteroatoms. The first-order chi connectivity index (χ1) is 11.1. The van der Waals surface area contributed by atoms with E-state index in [0.717, 1.165) is 48.2 Å². The quantitative estimate of drug-likeness (QED) is 0.690. The molecule has 2 aliphatic heterocycles. The van der Waals surface area contributed by atoms with E-state index in [9.17, 15) is 9.59 Å². The van der Waals surface area contributed by atoms with E-state index < -0.39 is 0 Å². The van der Waals surface area contributed by atoms with Crippen LogP contribution in [0.4, 0.5) is 0 Å². The molecular weight excluding hydrogens is 405 g/mol. The van der Waals surface area contributed by atoms with Gasteiger partial charge in [-0.25, -0.2) is 0 Å². The average molecular weight is 427 g/mol. The van der Waals surface area contributed by atoms with Gasteiger partial charge in [-0.3, -0.25) is 14.5 Å². The average Bonchev–Trinajstić information content (AvgIpc) is 3.10. The molecule has 0 unspecified atom stereocenters. The summed E-state index contributed by atoms with van der Waals surface area (Å²) in [6.07, 6.45) is 2.26. The predicted octanol–water partition coefficient (Wildman–Crippen LogP) is 1.67. The van der Waals surface area contributed by atoms with Gasteiger partial charge in [0.1, 0.15) is 0 Å². The molecule has 5 nitrogen and oxygen atoms in total. The molecule has 2 saturated heterocycles. The topological polar surface area (TPSA) is 43.9 Å². The number of carbonyl (C=O) groups excluding carboxylic acids is 2. The van der Waals surface area contributed by atoms with Crippen LogP contribution >= 0.6 is 22.6 Å². The van der Waals surface area contributed by atoms with E-state index in [1.807, 2.05) is 34.1 Å². The van der Waals surface area contributed by atoms with E-state index >= 15 is 0 Å². The van der Waals surface area contributed by atoms with E-state index in [-0.39, 0.29) is 11.8 Å². The summed E-state index contributed by atoms with van der Waals surface area (Å²) < 4.78 is 1.13. The van der Waals surface area contributed by atoms with Gasteiger partial charge in [-0.05, 0) is 59.7 Å². The molecule has 1 aromatic rings. The highest BCUT2D eigenvalue weighted by molar-refractivity contribution is 14.1. The largest absolute Gasteiger partial charge is 0.342 e. The van der Waals surface area contributed by atoms with Gasteiger partial charge in [0.25, 0.3) is 5.91 Å². The highest BCUT2D eigenvalue weighted by Crippen LogP contribution is 2.13. The number of carbonyl (C=O) groups is 2. The van der Waals surface area contributed by atoms with Gasteiger partial charge < -0.3 is 9.80 Å². The molecule has 0 aliphatic carbocycles. The Morgan fingerprint density at radius 1 is 0.870 bits per heavy atom. The number of benzene rings is 1. The van der Waals surface area contributed by atoms with Gasteiger partial charge >= 0.3 is 0 Å². The second kappa shape index (κ2) is 7.61. The Bertz CT molecular complexity index is 562. The number of hydrogen-bond acceptors (Lipinski definition) is 3. The molecule has 0 aromatic heterocycles. The van der Waals surface area contributed by atoms with Gasteiger partial charge in [-0.2, -0.15) is 0 Å². The molecule has 2 fully saturated rings. The minimum absolute atomic E-state index is 0.0897. The minimum atomic E-state index is 0.0897. The summed E-state index contributed by atoms with van der Waals surface area (Å²) in [5.41, 5.74) is 0.743. The Hall–Kier alpha value is -1.15. The normalized spacial score (nSPS) is 19.2. The molecule has 23 heavy (non-hydrogen) atoms. The van der Waals surface area contributed by atoms with Crippen LogP contribution in [0.15, 0.2) is 24.3 Å². The summed E-state index contributed by atoms with van der Waals surface area (Å²) in [6.45, 7) is 5.24. The molecule has 2 aliphatic rings. The van der Waals surface area contributed by atoms with Gasteiger partial charge in [0, 0.05) is 48.4 Å². The lowest BCUT2D eigenvalue weighted by molar-refractivity contribution is -0.131. The maximum absolute atomic E-state index is 12.5. The third kappa shape index (κ3) is 4.23. The van der Waals surface area contributed by atoms with E-state index in [1.165, 1.54) is 0 Å². The molecule has 0 radical (unpaired) electrons. The Labute approximate surface area is 150 Å². The molecule has 2 amide bonds. The van der Waals surface area contributed by atoms with Crippen LogP contribution in [-0.4, -0.2) is 72.3 Å². The summed E-state index contributed by atoms with van der Waals surface area (Å²) >= 11 is 2.24. The van der Waals surface area contributed by atoms with Crippen molar-refractivity contribution >= 4 is 34.4 Å². The lowest BCUT2D eigenvalue weighted by atomic mass is 10.2. The van der Waals surface area contributed by atoms with Gasteiger partial charge in [0.15, 0.2) is 0 Å². The third-order valence-electron chi connectivity index (χ3n) is 4.57. The van der Waals surface area contributed by atoms with Crippen molar-refractivity contribution in [2.24, 2.45) is 0 Å². The lowest BCUT2D eigenvalue weighted by Gasteiger charge is -2.35. The number of hydrogen-bond donors (Lipinski definition) is 0. The molecule has 0 saturated carbocycles. The van der Waals surface area contributed by atoms with Crippen LogP contribution in [0.3, 0.4) is 0 Å². The summed E-state index contributed by atoms with van der Waals surface area (Å²) in [5.74, 6) is 0.326. The van der Waals surface area contributed by atoms with Gasteiger partial charge in [0.2, 0.25) is 5.91 Å².